The molecule has 1 aromatic heterocycles. The van der Waals surface area contributed by atoms with Crippen LogP contribution in [0, 0.1) is 0 Å². The Bertz CT molecular complexity index is 1180. The monoisotopic (exact) mass is 464 g/mol. The van der Waals surface area contributed by atoms with Gasteiger partial charge in [-0.05, 0) is 17.7 Å². The minimum absolute atomic E-state index is 0.0510. The van der Waals surface area contributed by atoms with E-state index in [1.165, 1.54) is 0 Å². The first-order chi connectivity index (χ1) is 15.3. The molecule has 11 heteroatoms. The van der Waals surface area contributed by atoms with E-state index in [9.17, 15) is 18.0 Å². The summed E-state index contributed by atoms with van der Waals surface area (Å²) in [7, 11) is 0. The SMILES string of the molecule is O=C(Nc1ccc2c(c1)OCO2)c1nn2c(c1Cl)N[C@@H](c1ccccc1)C[C@H]2C(F)(F)F. The highest BCUT2D eigenvalue weighted by Crippen LogP contribution is 2.46. The van der Waals surface area contributed by atoms with E-state index in [0.717, 1.165) is 4.68 Å². The van der Waals surface area contributed by atoms with Gasteiger partial charge in [-0.2, -0.15) is 18.3 Å². The van der Waals surface area contributed by atoms with Crippen LogP contribution in [0.5, 0.6) is 11.5 Å². The highest BCUT2D eigenvalue weighted by atomic mass is 35.5. The van der Waals surface area contributed by atoms with Gasteiger partial charge in [-0.1, -0.05) is 41.9 Å². The summed E-state index contributed by atoms with van der Waals surface area (Å²) in [6.07, 6.45) is -4.87. The van der Waals surface area contributed by atoms with Gasteiger partial charge in [0.2, 0.25) is 6.79 Å². The number of hydrogen-bond acceptors (Lipinski definition) is 5. The van der Waals surface area contributed by atoms with Crippen molar-refractivity contribution in [2.24, 2.45) is 0 Å². The second-order valence-electron chi connectivity index (χ2n) is 7.38. The number of anilines is 2. The van der Waals surface area contributed by atoms with E-state index >= 15 is 0 Å². The Hall–Kier alpha value is -3.40. The molecule has 2 atom stereocenters. The summed E-state index contributed by atoms with van der Waals surface area (Å²) in [6, 6.07) is 10.9. The minimum Gasteiger partial charge on any atom is -0.454 e. The molecule has 0 saturated heterocycles. The van der Waals surface area contributed by atoms with E-state index in [-0.39, 0.29) is 29.7 Å². The van der Waals surface area contributed by atoms with Crippen molar-refractivity contribution in [1.82, 2.24) is 9.78 Å². The quantitative estimate of drug-likeness (QED) is 0.558. The Morgan fingerprint density at radius 3 is 2.66 bits per heavy atom. The fourth-order valence-corrected chi connectivity index (χ4v) is 4.07. The molecule has 166 valence electrons. The molecule has 0 aliphatic carbocycles. The third-order valence-corrected chi connectivity index (χ3v) is 5.70. The minimum atomic E-state index is -4.58. The average Bonchev–Trinajstić information content (AvgIpc) is 3.37. The predicted octanol–water partition coefficient (Wildman–Crippen LogP) is 5.18. The largest absolute Gasteiger partial charge is 0.454 e. The smallest absolute Gasteiger partial charge is 0.410 e. The van der Waals surface area contributed by atoms with E-state index in [0.29, 0.717) is 22.7 Å². The average molecular weight is 465 g/mol. The van der Waals surface area contributed by atoms with Crippen LogP contribution in [0.4, 0.5) is 24.7 Å². The number of nitrogens with one attached hydrogen (secondary N) is 2. The molecule has 0 fully saturated rings. The molecular weight excluding hydrogens is 449 g/mol. The predicted molar refractivity (Wildman–Crippen MR) is 110 cm³/mol. The number of benzene rings is 2. The maximum absolute atomic E-state index is 13.9. The number of fused-ring (bicyclic) bond motifs is 2. The molecule has 32 heavy (non-hydrogen) atoms. The number of amides is 1. The zero-order valence-corrected chi connectivity index (χ0v) is 17.1. The Labute approximate surface area is 185 Å². The first-order valence-corrected chi connectivity index (χ1v) is 10.1. The number of rotatable bonds is 3. The lowest BCUT2D eigenvalue weighted by Crippen LogP contribution is -2.35. The van der Waals surface area contributed by atoms with Crippen LogP contribution in [0.3, 0.4) is 0 Å². The van der Waals surface area contributed by atoms with Crippen molar-refractivity contribution >= 4 is 29.0 Å². The van der Waals surface area contributed by atoms with Crippen LogP contribution in [0.1, 0.15) is 34.6 Å². The molecule has 3 heterocycles. The Kier molecular flexibility index (Phi) is 4.89. The molecule has 2 N–H and O–H groups in total. The third kappa shape index (κ3) is 3.60. The number of aromatic nitrogens is 2. The molecular formula is C21H16ClF3N4O3. The maximum atomic E-state index is 13.9. The van der Waals surface area contributed by atoms with Crippen molar-refractivity contribution in [3.05, 3.63) is 64.8 Å². The Balaban J connectivity index is 1.47. The van der Waals surface area contributed by atoms with E-state index in [2.05, 4.69) is 15.7 Å². The van der Waals surface area contributed by atoms with Gasteiger partial charge in [0, 0.05) is 18.2 Å². The summed E-state index contributed by atoms with van der Waals surface area (Å²) in [5, 5.41) is 9.35. The molecule has 0 radical (unpaired) electrons. The van der Waals surface area contributed by atoms with Gasteiger partial charge in [0.1, 0.15) is 10.8 Å². The van der Waals surface area contributed by atoms with E-state index in [1.807, 2.05) is 0 Å². The summed E-state index contributed by atoms with van der Waals surface area (Å²) in [6.45, 7) is 0.0689. The van der Waals surface area contributed by atoms with Gasteiger partial charge >= 0.3 is 6.18 Å². The number of carbonyl (C=O) groups is 1. The van der Waals surface area contributed by atoms with Gasteiger partial charge in [0.25, 0.3) is 5.91 Å². The van der Waals surface area contributed by atoms with Gasteiger partial charge in [0.15, 0.2) is 23.2 Å². The summed E-state index contributed by atoms with van der Waals surface area (Å²) >= 11 is 6.35. The summed E-state index contributed by atoms with van der Waals surface area (Å²) in [4.78, 5) is 12.8. The van der Waals surface area contributed by atoms with Crippen LogP contribution in [-0.2, 0) is 0 Å². The molecule has 3 aromatic rings. The van der Waals surface area contributed by atoms with Gasteiger partial charge in [-0.3, -0.25) is 4.79 Å². The molecule has 1 amide bonds. The van der Waals surface area contributed by atoms with E-state index in [4.69, 9.17) is 21.1 Å². The molecule has 2 aliphatic rings. The lowest BCUT2D eigenvalue weighted by molar-refractivity contribution is -0.173. The van der Waals surface area contributed by atoms with Crippen molar-refractivity contribution < 1.29 is 27.4 Å². The van der Waals surface area contributed by atoms with Crippen molar-refractivity contribution in [3.8, 4) is 11.5 Å². The van der Waals surface area contributed by atoms with Gasteiger partial charge < -0.3 is 20.1 Å². The van der Waals surface area contributed by atoms with E-state index in [1.54, 1.807) is 48.5 Å². The molecule has 0 unspecified atom stereocenters. The van der Waals surface area contributed by atoms with E-state index < -0.39 is 24.2 Å². The van der Waals surface area contributed by atoms with Crippen molar-refractivity contribution in [2.45, 2.75) is 24.7 Å². The normalized spacial score (nSPS) is 19.2. The first kappa shape index (κ1) is 20.5. The number of ether oxygens (including phenoxy) is 2. The topological polar surface area (TPSA) is 77.4 Å². The first-order valence-electron chi connectivity index (χ1n) is 9.68. The summed E-state index contributed by atoms with van der Waals surface area (Å²) < 4.78 is 52.8. The number of carbonyl (C=O) groups excluding carboxylic acids is 1. The fourth-order valence-electron chi connectivity index (χ4n) is 3.80. The molecule has 7 nitrogen and oxygen atoms in total. The number of alkyl halides is 3. The molecule has 2 aromatic carbocycles. The third-order valence-electron chi connectivity index (χ3n) is 5.34. The lowest BCUT2D eigenvalue weighted by atomic mass is 9.97. The zero-order valence-electron chi connectivity index (χ0n) is 16.3. The van der Waals surface area contributed by atoms with Gasteiger partial charge in [-0.15, -0.1) is 0 Å². The van der Waals surface area contributed by atoms with Crippen molar-refractivity contribution in [3.63, 3.8) is 0 Å². The van der Waals surface area contributed by atoms with Crippen molar-refractivity contribution in [2.75, 3.05) is 17.4 Å². The van der Waals surface area contributed by atoms with Crippen LogP contribution < -0.4 is 20.1 Å². The van der Waals surface area contributed by atoms with Gasteiger partial charge in [0.05, 0.1) is 6.04 Å². The number of halogens is 4. The maximum Gasteiger partial charge on any atom is 0.410 e. The standard InChI is InChI=1S/C21H16ClF3N4O3/c22-17-18(20(30)26-12-6-7-14-15(8-12)32-10-31-14)28-29-16(21(23,24)25)9-13(27-19(17)29)11-4-2-1-3-5-11/h1-8,13,16,27H,9-10H2,(H,26,30)/t13-,16+/m1/s1. The number of nitrogens with zero attached hydrogens (tertiary/aromatic N) is 2. The molecule has 0 bridgehead atoms. The lowest BCUT2D eigenvalue weighted by Gasteiger charge is -2.33. The molecule has 0 spiro atoms. The Morgan fingerprint density at radius 1 is 1.16 bits per heavy atom. The number of hydrogen-bond donors (Lipinski definition) is 2. The summed E-state index contributed by atoms with van der Waals surface area (Å²) in [5.41, 5.74) is 0.732. The molecule has 2 aliphatic heterocycles. The molecule has 0 saturated carbocycles. The van der Waals surface area contributed by atoms with Crippen LogP contribution in [0.15, 0.2) is 48.5 Å². The zero-order chi connectivity index (χ0) is 22.5. The highest BCUT2D eigenvalue weighted by molar-refractivity contribution is 6.36. The van der Waals surface area contributed by atoms with Crippen molar-refractivity contribution in [1.29, 1.82) is 0 Å². The van der Waals surface area contributed by atoms with Gasteiger partial charge in [-0.25, -0.2) is 4.68 Å². The van der Waals surface area contributed by atoms with Crippen LogP contribution in [0.2, 0.25) is 5.02 Å². The fraction of sp³-hybridized carbons (Fsp3) is 0.238. The van der Waals surface area contributed by atoms with Crippen LogP contribution in [-0.4, -0.2) is 28.7 Å². The summed E-state index contributed by atoms with van der Waals surface area (Å²) in [5.74, 6) is 0.185. The molecule has 5 rings (SSSR count). The van der Waals surface area contributed by atoms with Crippen LogP contribution >= 0.6 is 11.6 Å². The second-order valence-corrected chi connectivity index (χ2v) is 7.76. The highest BCUT2D eigenvalue weighted by Gasteiger charge is 2.47. The van der Waals surface area contributed by atoms with Crippen LogP contribution in [0.25, 0.3) is 0 Å². The second kappa shape index (κ2) is 7.63. The Morgan fingerprint density at radius 2 is 1.91 bits per heavy atom.